The van der Waals surface area contributed by atoms with Gasteiger partial charge in [0.1, 0.15) is 0 Å². The van der Waals surface area contributed by atoms with Gasteiger partial charge in [0, 0.05) is 18.3 Å². The molecule has 1 aliphatic rings. The van der Waals surface area contributed by atoms with Crippen molar-refractivity contribution in [2.75, 3.05) is 18.5 Å². The van der Waals surface area contributed by atoms with Crippen molar-refractivity contribution in [3.8, 4) is 0 Å². The molecule has 3 rings (SSSR count). The van der Waals surface area contributed by atoms with Crippen LogP contribution in [0.5, 0.6) is 0 Å². The predicted octanol–water partition coefficient (Wildman–Crippen LogP) is 5.01. The van der Waals surface area contributed by atoms with E-state index < -0.39 is 17.7 Å². The molecule has 0 radical (unpaired) electrons. The van der Waals surface area contributed by atoms with E-state index in [2.05, 4.69) is 5.32 Å². The Morgan fingerprint density at radius 1 is 1.13 bits per heavy atom. The van der Waals surface area contributed by atoms with E-state index in [1.54, 1.807) is 23.1 Å². The van der Waals surface area contributed by atoms with E-state index in [0.29, 0.717) is 12.2 Å². The number of carbonyl (C=O) groups is 2. The summed E-state index contributed by atoms with van der Waals surface area (Å²) in [7, 11) is 0. The Kier molecular flexibility index (Phi) is 6.64. The van der Waals surface area contributed by atoms with E-state index >= 15 is 0 Å². The molecule has 1 saturated heterocycles. The van der Waals surface area contributed by atoms with Gasteiger partial charge in [-0.05, 0) is 56.5 Å². The van der Waals surface area contributed by atoms with Crippen LogP contribution in [-0.2, 0) is 15.7 Å². The number of alkyl halides is 3. The predicted molar refractivity (Wildman–Crippen MR) is 106 cm³/mol. The number of rotatable bonds is 5. The fraction of sp³-hybridized carbons (Fsp3) is 0.364. The number of hydrogen-bond acceptors (Lipinski definition) is 4. The number of likely N-dealkylation sites (tertiary alicyclic amines) is 1. The van der Waals surface area contributed by atoms with Crippen LogP contribution < -0.4 is 5.32 Å². The number of nitrogens with one attached hydrogen (secondary N) is 1. The number of ether oxygens (including phenoxy) is 1. The van der Waals surface area contributed by atoms with Crippen LogP contribution in [0.4, 0.5) is 24.5 Å². The summed E-state index contributed by atoms with van der Waals surface area (Å²) < 4.78 is 44.0. The Labute approximate surface area is 172 Å². The van der Waals surface area contributed by atoms with Crippen LogP contribution in [0.25, 0.3) is 0 Å². The zero-order valence-electron chi connectivity index (χ0n) is 16.5. The highest BCUT2D eigenvalue weighted by atomic mass is 19.4. The molecule has 0 aliphatic carbocycles. The lowest BCUT2D eigenvalue weighted by Gasteiger charge is -2.33. The van der Waals surface area contributed by atoms with Gasteiger partial charge in [-0.25, -0.2) is 4.79 Å². The quantitative estimate of drug-likeness (QED) is 0.691. The molecule has 1 N–H and O–H groups in total. The van der Waals surface area contributed by atoms with E-state index in [1.807, 2.05) is 6.92 Å². The molecule has 8 heteroatoms. The van der Waals surface area contributed by atoms with E-state index in [-0.39, 0.29) is 29.8 Å². The number of amides is 1. The highest BCUT2D eigenvalue weighted by Gasteiger charge is 2.30. The van der Waals surface area contributed by atoms with E-state index in [0.717, 1.165) is 31.4 Å². The summed E-state index contributed by atoms with van der Waals surface area (Å²) in [6.07, 6.45) is -1.56. The largest absolute Gasteiger partial charge is 0.452 e. The van der Waals surface area contributed by atoms with Crippen LogP contribution in [0.3, 0.4) is 0 Å². The van der Waals surface area contributed by atoms with Crippen molar-refractivity contribution in [3.63, 3.8) is 0 Å². The second-order valence-corrected chi connectivity index (χ2v) is 7.26. The summed E-state index contributed by atoms with van der Waals surface area (Å²) in [5.41, 5.74) is -0.188. The molecule has 0 aromatic heterocycles. The first kappa shape index (κ1) is 21.7. The smallest absolute Gasteiger partial charge is 0.416 e. The lowest BCUT2D eigenvalue weighted by atomic mass is 10.0. The van der Waals surface area contributed by atoms with Crippen molar-refractivity contribution in [1.82, 2.24) is 4.90 Å². The Hall–Kier alpha value is -3.03. The minimum atomic E-state index is -4.47. The number of piperidine rings is 1. The highest BCUT2D eigenvalue weighted by Crippen LogP contribution is 2.32. The second-order valence-electron chi connectivity index (χ2n) is 7.26. The van der Waals surface area contributed by atoms with Crippen molar-refractivity contribution in [2.45, 2.75) is 38.4 Å². The normalized spacial score (nSPS) is 16.8. The average molecular weight is 420 g/mol. The minimum absolute atomic E-state index is 0.111. The molecule has 1 aliphatic heterocycles. The third-order valence-corrected chi connectivity index (χ3v) is 5.07. The molecule has 0 unspecified atom stereocenters. The molecular weight excluding hydrogens is 397 g/mol. The number of anilines is 2. The Morgan fingerprint density at radius 2 is 1.90 bits per heavy atom. The van der Waals surface area contributed by atoms with Gasteiger partial charge in [0.15, 0.2) is 6.61 Å². The standard InChI is InChI=1S/C22H23F3N2O3/c1-15-7-4-5-12-27(15)20(28)14-30-21(29)18-10-2-3-11-19(18)26-17-9-6-8-16(13-17)22(23,24)25/h2-3,6,8-11,13,15,26H,4-5,7,12,14H2,1H3/t15-/m0/s1. The van der Waals surface area contributed by atoms with Crippen LogP contribution in [0, 0.1) is 0 Å². The summed E-state index contributed by atoms with van der Waals surface area (Å²) in [6.45, 7) is 2.24. The SMILES string of the molecule is C[C@H]1CCCCN1C(=O)COC(=O)c1ccccc1Nc1cccc(C(F)(F)F)c1. The molecule has 2 aromatic rings. The maximum absolute atomic E-state index is 12.9. The molecule has 1 fully saturated rings. The molecule has 0 bridgehead atoms. The summed E-state index contributed by atoms with van der Waals surface area (Å²) in [4.78, 5) is 26.6. The molecule has 160 valence electrons. The molecule has 2 aromatic carbocycles. The molecule has 0 spiro atoms. The van der Waals surface area contributed by atoms with Crippen LogP contribution >= 0.6 is 0 Å². The Morgan fingerprint density at radius 3 is 2.63 bits per heavy atom. The first-order chi connectivity index (χ1) is 14.3. The second kappa shape index (κ2) is 9.19. The zero-order chi connectivity index (χ0) is 21.7. The van der Waals surface area contributed by atoms with E-state index in [1.165, 1.54) is 18.2 Å². The Balaban J connectivity index is 1.69. The van der Waals surface area contributed by atoms with Gasteiger partial charge in [-0.3, -0.25) is 4.79 Å². The number of carbonyl (C=O) groups excluding carboxylic acids is 2. The van der Waals surface area contributed by atoms with Gasteiger partial charge in [0.2, 0.25) is 0 Å². The lowest BCUT2D eigenvalue weighted by Crippen LogP contribution is -2.44. The molecule has 0 saturated carbocycles. The topological polar surface area (TPSA) is 58.6 Å². The minimum Gasteiger partial charge on any atom is -0.452 e. The number of halogens is 3. The number of benzene rings is 2. The molecule has 1 atom stereocenters. The number of hydrogen-bond donors (Lipinski definition) is 1. The molecule has 30 heavy (non-hydrogen) atoms. The molecular formula is C22H23F3N2O3. The van der Waals surface area contributed by atoms with E-state index in [4.69, 9.17) is 4.74 Å². The summed E-state index contributed by atoms with van der Waals surface area (Å²) in [5.74, 6) is -0.970. The van der Waals surface area contributed by atoms with Gasteiger partial charge in [-0.2, -0.15) is 13.2 Å². The third-order valence-electron chi connectivity index (χ3n) is 5.07. The van der Waals surface area contributed by atoms with Crippen molar-refractivity contribution in [1.29, 1.82) is 0 Å². The summed E-state index contributed by atoms with van der Waals surface area (Å²) >= 11 is 0. The summed E-state index contributed by atoms with van der Waals surface area (Å²) in [6, 6.07) is 11.1. The number of nitrogens with zero attached hydrogens (tertiary/aromatic N) is 1. The third kappa shape index (κ3) is 5.31. The van der Waals surface area contributed by atoms with Gasteiger partial charge in [-0.15, -0.1) is 0 Å². The van der Waals surface area contributed by atoms with Crippen molar-refractivity contribution in [2.24, 2.45) is 0 Å². The maximum atomic E-state index is 12.9. The van der Waals surface area contributed by atoms with Gasteiger partial charge >= 0.3 is 12.1 Å². The van der Waals surface area contributed by atoms with E-state index in [9.17, 15) is 22.8 Å². The van der Waals surface area contributed by atoms with Crippen LogP contribution in [0.2, 0.25) is 0 Å². The van der Waals surface area contributed by atoms with Crippen LogP contribution in [0.1, 0.15) is 42.1 Å². The van der Waals surface area contributed by atoms with Crippen molar-refractivity contribution in [3.05, 3.63) is 59.7 Å². The first-order valence-corrected chi connectivity index (χ1v) is 9.75. The first-order valence-electron chi connectivity index (χ1n) is 9.75. The molecule has 1 amide bonds. The Bertz CT molecular complexity index is 914. The van der Waals surface area contributed by atoms with Crippen molar-refractivity contribution >= 4 is 23.3 Å². The van der Waals surface area contributed by atoms with Gasteiger partial charge in [0.25, 0.3) is 5.91 Å². The zero-order valence-corrected chi connectivity index (χ0v) is 16.5. The lowest BCUT2D eigenvalue weighted by molar-refractivity contribution is -0.138. The van der Waals surface area contributed by atoms with Crippen molar-refractivity contribution < 1.29 is 27.5 Å². The fourth-order valence-electron chi connectivity index (χ4n) is 3.46. The van der Waals surface area contributed by atoms with Crippen LogP contribution in [-0.4, -0.2) is 36.0 Å². The molecule has 1 heterocycles. The maximum Gasteiger partial charge on any atom is 0.416 e. The average Bonchev–Trinajstić information content (AvgIpc) is 2.72. The highest BCUT2D eigenvalue weighted by molar-refractivity contribution is 5.97. The van der Waals surface area contributed by atoms with Gasteiger partial charge < -0.3 is 15.0 Å². The monoisotopic (exact) mass is 420 g/mol. The van der Waals surface area contributed by atoms with Crippen LogP contribution in [0.15, 0.2) is 48.5 Å². The van der Waals surface area contributed by atoms with Gasteiger partial charge in [-0.1, -0.05) is 18.2 Å². The number of esters is 1. The van der Waals surface area contributed by atoms with Gasteiger partial charge in [0.05, 0.1) is 16.8 Å². The summed E-state index contributed by atoms with van der Waals surface area (Å²) in [5, 5.41) is 2.83. The molecule has 5 nitrogen and oxygen atoms in total. The fourth-order valence-corrected chi connectivity index (χ4v) is 3.46. The number of para-hydroxylation sites is 1.